The second kappa shape index (κ2) is 14.5. The molecule has 0 saturated carbocycles. The number of anilines is 6. The summed E-state index contributed by atoms with van der Waals surface area (Å²) in [7, 11) is 0. The van der Waals surface area contributed by atoms with Crippen LogP contribution in [0.5, 0.6) is 0 Å². The average Bonchev–Trinajstić information content (AvgIpc) is 3.32. The molecule has 0 heterocycles. The van der Waals surface area contributed by atoms with Crippen LogP contribution in [0, 0.1) is 0 Å². The summed E-state index contributed by atoms with van der Waals surface area (Å²) in [5, 5.41) is 14.8. The quantitative estimate of drug-likeness (QED) is 0.142. The Hall–Kier alpha value is -7.94. The van der Waals surface area contributed by atoms with Crippen molar-refractivity contribution in [1.82, 2.24) is 0 Å². The van der Waals surface area contributed by atoms with Crippen molar-refractivity contribution in [3.63, 3.8) is 0 Å². The van der Waals surface area contributed by atoms with Gasteiger partial charge in [-0.25, -0.2) is 0 Å². The number of fused-ring (bicyclic) bond motifs is 12. The van der Waals surface area contributed by atoms with Gasteiger partial charge < -0.3 is 9.80 Å². The van der Waals surface area contributed by atoms with Crippen LogP contribution in [-0.2, 0) is 0 Å². The highest BCUT2D eigenvalue weighted by Gasteiger charge is 2.21. The number of hydrogen-bond acceptors (Lipinski definition) is 2. The van der Waals surface area contributed by atoms with E-state index in [2.05, 4.69) is 229 Å². The van der Waals surface area contributed by atoms with Crippen LogP contribution in [0.25, 0.3) is 76.8 Å². The first-order valence-corrected chi connectivity index (χ1v) is 20.5. The third-order valence-electron chi connectivity index (χ3n) is 12.1. The minimum Gasteiger partial charge on any atom is -0.310 e. The van der Waals surface area contributed by atoms with E-state index in [1.54, 1.807) is 0 Å². The molecule has 0 unspecified atom stereocenters. The van der Waals surface area contributed by atoms with Crippen molar-refractivity contribution in [2.45, 2.75) is 0 Å². The van der Waals surface area contributed by atoms with E-state index in [1.165, 1.54) is 64.6 Å². The third-order valence-corrected chi connectivity index (χ3v) is 12.1. The zero-order chi connectivity index (χ0) is 40.2. The lowest BCUT2D eigenvalue weighted by atomic mass is 9.86. The molecular formula is C58H40N2. The fraction of sp³-hybridized carbons (Fsp3) is 0. The van der Waals surface area contributed by atoms with Crippen LogP contribution in [0.3, 0.4) is 0 Å². The predicted octanol–water partition coefficient (Wildman–Crippen LogP) is 16.8. The molecule has 0 N–H and O–H groups in total. The van der Waals surface area contributed by atoms with Crippen LogP contribution in [0.15, 0.2) is 219 Å². The zero-order valence-electron chi connectivity index (χ0n) is 33.1. The molecule has 0 spiro atoms. The molecule has 60 heavy (non-hydrogen) atoms. The molecule has 11 aromatic rings. The molecule has 0 aliphatic carbocycles. The van der Waals surface area contributed by atoms with E-state index in [0.717, 1.165) is 45.3 Å². The van der Waals surface area contributed by atoms with Crippen molar-refractivity contribution in [2.24, 2.45) is 0 Å². The van der Waals surface area contributed by atoms with Crippen molar-refractivity contribution < 1.29 is 0 Å². The van der Waals surface area contributed by atoms with Gasteiger partial charge in [-0.1, -0.05) is 165 Å². The van der Waals surface area contributed by atoms with Crippen molar-refractivity contribution in [3.05, 3.63) is 231 Å². The van der Waals surface area contributed by atoms with E-state index in [1.807, 2.05) is 12.2 Å². The molecule has 11 aromatic carbocycles. The Morgan fingerprint density at radius 3 is 1.23 bits per heavy atom. The molecule has 11 rings (SSSR count). The Morgan fingerprint density at radius 1 is 0.283 bits per heavy atom. The summed E-state index contributed by atoms with van der Waals surface area (Å²) in [5.74, 6) is 0. The summed E-state index contributed by atoms with van der Waals surface area (Å²) in [4.78, 5) is 4.76. The fourth-order valence-electron chi connectivity index (χ4n) is 9.30. The molecule has 0 atom stereocenters. The van der Waals surface area contributed by atoms with Gasteiger partial charge in [0.15, 0.2) is 0 Å². The highest BCUT2D eigenvalue weighted by atomic mass is 15.1. The largest absolute Gasteiger partial charge is 0.310 e. The van der Waals surface area contributed by atoms with Crippen molar-refractivity contribution >= 4 is 111 Å². The molecule has 2 nitrogen and oxygen atoms in total. The first kappa shape index (κ1) is 35.2. The van der Waals surface area contributed by atoms with Crippen molar-refractivity contribution in [3.8, 4) is 0 Å². The molecule has 0 bridgehead atoms. The van der Waals surface area contributed by atoms with Gasteiger partial charge in [0.2, 0.25) is 0 Å². The summed E-state index contributed by atoms with van der Waals surface area (Å²) >= 11 is 0. The molecular weight excluding hydrogens is 725 g/mol. The van der Waals surface area contributed by atoms with Gasteiger partial charge in [0, 0.05) is 33.8 Å². The highest BCUT2D eigenvalue weighted by Crippen LogP contribution is 2.48. The summed E-state index contributed by atoms with van der Waals surface area (Å²) in [6.45, 7) is 8.03. The minimum absolute atomic E-state index is 1.09. The topological polar surface area (TPSA) is 6.48 Å². The second-order valence-corrected chi connectivity index (χ2v) is 15.4. The Morgan fingerprint density at radius 2 is 0.683 bits per heavy atom. The predicted molar refractivity (Wildman–Crippen MR) is 261 cm³/mol. The van der Waals surface area contributed by atoms with Crippen LogP contribution in [-0.4, -0.2) is 0 Å². The number of rotatable bonds is 8. The number of para-hydroxylation sites is 1. The molecule has 0 saturated heterocycles. The molecule has 0 fully saturated rings. The van der Waals surface area contributed by atoms with Crippen LogP contribution in [0.4, 0.5) is 34.1 Å². The van der Waals surface area contributed by atoms with Crippen LogP contribution in [0.2, 0.25) is 0 Å². The average molecular weight is 765 g/mol. The van der Waals surface area contributed by atoms with Gasteiger partial charge in [-0.05, 0) is 137 Å². The zero-order valence-corrected chi connectivity index (χ0v) is 33.1. The number of benzene rings is 11. The monoisotopic (exact) mass is 764 g/mol. The van der Waals surface area contributed by atoms with E-state index >= 15 is 0 Å². The maximum absolute atomic E-state index is 4.03. The second-order valence-electron chi connectivity index (χ2n) is 15.4. The molecule has 0 aromatic heterocycles. The Bertz CT molecular complexity index is 3450. The van der Waals surface area contributed by atoms with Gasteiger partial charge >= 0.3 is 0 Å². The molecule has 0 radical (unpaired) electrons. The Kier molecular flexibility index (Phi) is 8.49. The smallest absolute Gasteiger partial charge is 0.0540 e. The van der Waals surface area contributed by atoms with Crippen molar-refractivity contribution in [2.75, 3.05) is 9.80 Å². The highest BCUT2D eigenvalue weighted by molar-refractivity contribution is 6.40. The Labute approximate surface area is 349 Å². The van der Waals surface area contributed by atoms with E-state index in [-0.39, 0.29) is 0 Å². The third kappa shape index (κ3) is 5.73. The number of hydrogen-bond donors (Lipinski definition) is 0. The summed E-state index contributed by atoms with van der Waals surface area (Å²) in [6.07, 6.45) is 3.79. The maximum Gasteiger partial charge on any atom is 0.0540 e. The van der Waals surface area contributed by atoms with Crippen LogP contribution < -0.4 is 9.80 Å². The van der Waals surface area contributed by atoms with Crippen LogP contribution in [0.1, 0.15) is 11.1 Å². The Balaban J connectivity index is 1.24. The van der Waals surface area contributed by atoms with Gasteiger partial charge in [0.05, 0.1) is 5.69 Å². The summed E-state index contributed by atoms with van der Waals surface area (Å²) < 4.78 is 0. The molecule has 0 amide bonds. The number of nitrogens with zero attached hydrogens (tertiary/aromatic N) is 2. The summed E-state index contributed by atoms with van der Waals surface area (Å²) in [6, 6.07) is 75.2. The van der Waals surface area contributed by atoms with Gasteiger partial charge in [0.1, 0.15) is 0 Å². The lowest BCUT2D eigenvalue weighted by Gasteiger charge is -2.28. The maximum atomic E-state index is 4.03. The normalized spacial score (nSPS) is 11.5. The molecule has 0 aliphatic rings. The first-order chi connectivity index (χ1) is 29.7. The van der Waals surface area contributed by atoms with E-state index in [0.29, 0.717) is 0 Å². The van der Waals surface area contributed by atoms with Crippen molar-refractivity contribution in [1.29, 1.82) is 0 Å². The lowest BCUT2D eigenvalue weighted by molar-refractivity contribution is 1.29. The van der Waals surface area contributed by atoms with Gasteiger partial charge in [-0.3, -0.25) is 0 Å². The minimum atomic E-state index is 1.09. The van der Waals surface area contributed by atoms with E-state index in [9.17, 15) is 0 Å². The first-order valence-electron chi connectivity index (χ1n) is 20.5. The van der Waals surface area contributed by atoms with E-state index < -0.39 is 0 Å². The molecule has 0 aliphatic heterocycles. The van der Waals surface area contributed by atoms with E-state index in [4.69, 9.17) is 0 Å². The van der Waals surface area contributed by atoms with Gasteiger partial charge in [-0.15, -0.1) is 0 Å². The molecule has 282 valence electrons. The van der Waals surface area contributed by atoms with Gasteiger partial charge in [-0.2, -0.15) is 0 Å². The molecule has 2 heteroatoms. The SMILES string of the molecule is C=Cc1ccc(N(c2ccccc2)c2ccc3c4ccccc4c4c5cc(N(c6ccc(C=C)cc6)c6cccc7ccccc67)ccc5c5ccccc5c4c3c2)cc1. The summed E-state index contributed by atoms with van der Waals surface area (Å²) in [5.41, 5.74) is 8.78. The fourth-order valence-corrected chi connectivity index (χ4v) is 9.30. The van der Waals surface area contributed by atoms with Crippen LogP contribution >= 0.6 is 0 Å². The lowest BCUT2D eigenvalue weighted by Crippen LogP contribution is -2.10. The van der Waals surface area contributed by atoms with Gasteiger partial charge in [0.25, 0.3) is 0 Å². The standard InChI is InChI=1S/C58H40N2/c1-3-39-25-29-43(30-26-39)59(42-17-6-5-7-18-42)45-33-35-50-48-20-10-13-23-53(48)58-55-38-46(34-36-51(55)49-21-11-12-22-52(49)57(58)54(50)37-45)60(44-31-27-40(4-2)28-32-44)56-24-14-16-41-15-8-9-19-47(41)56/h3-38H,1-2H2.